The summed E-state index contributed by atoms with van der Waals surface area (Å²) in [6.07, 6.45) is 0. The normalized spacial score (nSPS) is 10.8. The first-order valence-corrected chi connectivity index (χ1v) is 5.94. The van der Waals surface area contributed by atoms with Gasteiger partial charge in [0, 0.05) is 10.9 Å². The van der Waals surface area contributed by atoms with E-state index >= 15 is 0 Å². The Morgan fingerprint density at radius 1 is 1.21 bits per heavy atom. The average molecular weight is 252 g/mol. The molecule has 1 heterocycles. The monoisotopic (exact) mass is 252 g/mol. The minimum atomic E-state index is -0.936. The van der Waals surface area contributed by atoms with Crippen LogP contribution in [0.1, 0.15) is 15.9 Å². The van der Waals surface area contributed by atoms with Crippen molar-refractivity contribution >= 4 is 16.9 Å². The zero-order chi connectivity index (χ0) is 13.4. The number of nitrogens with zero attached hydrogens (tertiary/aromatic N) is 1. The molecule has 3 aromatic rings. The number of nitrogens with one attached hydrogen (secondary N) is 1. The minimum absolute atomic E-state index is 0.257. The van der Waals surface area contributed by atoms with Crippen LogP contribution >= 0.6 is 0 Å². The molecule has 2 N–H and O–H groups in total. The summed E-state index contributed by atoms with van der Waals surface area (Å²) in [5.41, 5.74) is 4.03. The SMILES string of the molecule is Cc1ccccc1-c1n[nH]c2cc(C(=O)O)ccc12. The predicted molar refractivity (Wildman–Crippen MR) is 73.2 cm³/mol. The van der Waals surface area contributed by atoms with Crippen LogP contribution in [-0.4, -0.2) is 21.3 Å². The number of aromatic nitrogens is 2. The summed E-state index contributed by atoms with van der Waals surface area (Å²) in [4.78, 5) is 10.9. The molecule has 0 aliphatic rings. The van der Waals surface area contributed by atoms with Crippen molar-refractivity contribution in [2.45, 2.75) is 6.92 Å². The molecule has 0 spiro atoms. The van der Waals surface area contributed by atoms with Crippen LogP contribution in [0.5, 0.6) is 0 Å². The summed E-state index contributed by atoms with van der Waals surface area (Å²) < 4.78 is 0. The van der Waals surface area contributed by atoms with Crippen molar-refractivity contribution < 1.29 is 9.90 Å². The van der Waals surface area contributed by atoms with Crippen molar-refractivity contribution in [3.8, 4) is 11.3 Å². The molecule has 19 heavy (non-hydrogen) atoms. The summed E-state index contributed by atoms with van der Waals surface area (Å²) in [5.74, 6) is -0.936. The summed E-state index contributed by atoms with van der Waals surface area (Å²) in [6.45, 7) is 2.03. The molecule has 0 saturated carbocycles. The van der Waals surface area contributed by atoms with Gasteiger partial charge in [0.25, 0.3) is 0 Å². The molecule has 4 heteroatoms. The molecule has 0 amide bonds. The van der Waals surface area contributed by atoms with Gasteiger partial charge in [0.15, 0.2) is 0 Å². The average Bonchev–Trinajstić information content (AvgIpc) is 2.82. The van der Waals surface area contributed by atoms with Gasteiger partial charge in [0.05, 0.1) is 11.1 Å². The van der Waals surface area contributed by atoms with Crippen LogP contribution in [0.2, 0.25) is 0 Å². The summed E-state index contributed by atoms with van der Waals surface area (Å²) in [5, 5.41) is 17.1. The van der Waals surface area contributed by atoms with Crippen molar-refractivity contribution in [2.24, 2.45) is 0 Å². The van der Waals surface area contributed by atoms with E-state index in [1.807, 2.05) is 31.2 Å². The first kappa shape index (κ1) is 11.5. The van der Waals surface area contributed by atoms with Crippen LogP contribution in [-0.2, 0) is 0 Å². The zero-order valence-electron chi connectivity index (χ0n) is 10.3. The first-order chi connectivity index (χ1) is 9.16. The zero-order valence-corrected chi connectivity index (χ0v) is 10.3. The highest BCUT2D eigenvalue weighted by Crippen LogP contribution is 2.28. The molecule has 0 atom stereocenters. The lowest BCUT2D eigenvalue weighted by Gasteiger charge is -2.02. The van der Waals surface area contributed by atoms with E-state index in [9.17, 15) is 4.79 Å². The van der Waals surface area contributed by atoms with E-state index in [4.69, 9.17) is 5.11 Å². The molecule has 0 saturated heterocycles. The van der Waals surface area contributed by atoms with E-state index in [0.717, 1.165) is 27.7 Å². The van der Waals surface area contributed by atoms with E-state index in [0.29, 0.717) is 0 Å². The Kier molecular flexibility index (Phi) is 2.56. The van der Waals surface area contributed by atoms with Gasteiger partial charge >= 0.3 is 5.97 Å². The second kappa shape index (κ2) is 4.24. The molecule has 94 valence electrons. The smallest absolute Gasteiger partial charge is 0.335 e. The minimum Gasteiger partial charge on any atom is -0.478 e. The number of aromatic carboxylic acids is 1. The van der Waals surface area contributed by atoms with Crippen LogP contribution < -0.4 is 0 Å². The highest BCUT2D eigenvalue weighted by molar-refractivity contribution is 5.98. The standard InChI is InChI=1S/C15H12N2O2/c1-9-4-2-3-5-11(9)14-12-7-6-10(15(18)19)8-13(12)16-17-14/h2-8H,1H3,(H,16,17)(H,18,19). The lowest BCUT2D eigenvalue weighted by Crippen LogP contribution is -1.94. The lowest BCUT2D eigenvalue weighted by atomic mass is 10.0. The van der Waals surface area contributed by atoms with Gasteiger partial charge in [-0.25, -0.2) is 4.79 Å². The van der Waals surface area contributed by atoms with Crippen LogP contribution in [0.15, 0.2) is 42.5 Å². The molecule has 3 rings (SSSR count). The van der Waals surface area contributed by atoms with E-state index in [1.165, 1.54) is 0 Å². The van der Waals surface area contributed by atoms with Gasteiger partial charge in [-0.05, 0) is 30.7 Å². The quantitative estimate of drug-likeness (QED) is 0.735. The fourth-order valence-electron chi connectivity index (χ4n) is 2.20. The van der Waals surface area contributed by atoms with Gasteiger partial charge in [-0.3, -0.25) is 5.10 Å². The number of rotatable bonds is 2. The number of aryl methyl sites for hydroxylation is 1. The van der Waals surface area contributed by atoms with Crippen LogP contribution in [0.25, 0.3) is 22.2 Å². The Labute approximate surface area is 109 Å². The van der Waals surface area contributed by atoms with Gasteiger partial charge < -0.3 is 5.11 Å². The molecular weight excluding hydrogens is 240 g/mol. The largest absolute Gasteiger partial charge is 0.478 e. The summed E-state index contributed by atoms with van der Waals surface area (Å²) in [7, 11) is 0. The Morgan fingerprint density at radius 3 is 2.74 bits per heavy atom. The summed E-state index contributed by atoms with van der Waals surface area (Å²) in [6, 6.07) is 13.0. The third-order valence-corrected chi connectivity index (χ3v) is 3.21. The van der Waals surface area contributed by atoms with E-state index < -0.39 is 5.97 Å². The molecule has 1 aromatic heterocycles. The Morgan fingerprint density at radius 2 is 2.00 bits per heavy atom. The Balaban J connectivity index is 2.22. The maximum Gasteiger partial charge on any atom is 0.335 e. The van der Waals surface area contributed by atoms with Crippen LogP contribution in [0.4, 0.5) is 0 Å². The van der Waals surface area contributed by atoms with E-state index in [2.05, 4.69) is 10.2 Å². The number of carbonyl (C=O) groups is 1. The lowest BCUT2D eigenvalue weighted by molar-refractivity contribution is 0.0697. The fourth-order valence-corrected chi connectivity index (χ4v) is 2.20. The van der Waals surface area contributed by atoms with Gasteiger partial charge in [-0.1, -0.05) is 24.3 Å². The van der Waals surface area contributed by atoms with Crippen molar-refractivity contribution in [3.63, 3.8) is 0 Å². The van der Waals surface area contributed by atoms with Gasteiger partial charge in [-0.15, -0.1) is 0 Å². The number of hydrogen-bond acceptors (Lipinski definition) is 2. The second-order valence-corrected chi connectivity index (χ2v) is 4.45. The van der Waals surface area contributed by atoms with Gasteiger partial charge in [0.1, 0.15) is 5.69 Å². The van der Waals surface area contributed by atoms with Gasteiger partial charge in [-0.2, -0.15) is 5.10 Å². The number of carboxylic acid groups (broad SMARTS) is 1. The Hall–Kier alpha value is -2.62. The topological polar surface area (TPSA) is 66.0 Å². The van der Waals surface area contributed by atoms with Crippen molar-refractivity contribution in [2.75, 3.05) is 0 Å². The molecule has 0 fully saturated rings. The van der Waals surface area contributed by atoms with Crippen molar-refractivity contribution in [1.29, 1.82) is 0 Å². The number of benzene rings is 2. The fraction of sp³-hybridized carbons (Fsp3) is 0.0667. The number of hydrogen-bond donors (Lipinski definition) is 2. The predicted octanol–water partition coefficient (Wildman–Crippen LogP) is 3.24. The highest BCUT2D eigenvalue weighted by atomic mass is 16.4. The molecule has 0 unspecified atom stereocenters. The van der Waals surface area contributed by atoms with Crippen molar-refractivity contribution in [3.05, 3.63) is 53.6 Å². The number of fused-ring (bicyclic) bond motifs is 1. The maximum atomic E-state index is 10.9. The number of aromatic amines is 1. The molecule has 4 nitrogen and oxygen atoms in total. The number of H-pyrrole nitrogens is 1. The Bertz CT molecular complexity index is 775. The third kappa shape index (κ3) is 1.87. The second-order valence-electron chi connectivity index (χ2n) is 4.45. The molecule has 0 aliphatic heterocycles. The van der Waals surface area contributed by atoms with E-state index in [-0.39, 0.29) is 5.56 Å². The first-order valence-electron chi connectivity index (χ1n) is 5.94. The van der Waals surface area contributed by atoms with E-state index in [1.54, 1.807) is 18.2 Å². The third-order valence-electron chi connectivity index (χ3n) is 3.21. The summed E-state index contributed by atoms with van der Waals surface area (Å²) >= 11 is 0. The van der Waals surface area contributed by atoms with Crippen LogP contribution in [0.3, 0.4) is 0 Å². The molecule has 0 aliphatic carbocycles. The number of carboxylic acids is 1. The molecule has 0 radical (unpaired) electrons. The van der Waals surface area contributed by atoms with Crippen molar-refractivity contribution in [1.82, 2.24) is 10.2 Å². The van der Waals surface area contributed by atoms with Gasteiger partial charge in [0.2, 0.25) is 0 Å². The molecule has 2 aromatic carbocycles. The highest BCUT2D eigenvalue weighted by Gasteiger charge is 2.12. The molecular formula is C15H12N2O2. The maximum absolute atomic E-state index is 10.9. The molecule has 0 bridgehead atoms. The van der Waals surface area contributed by atoms with Crippen LogP contribution in [0, 0.1) is 6.92 Å².